The molecule has 0 bridgehead atoms. The van der Waals surface area contributed by atoms with Crippen LogP contribution in [0, 0.1) is 6.92 Å². The van der Waals surface area contributed by atoms with Gasteiger partial charge < -0.3 is 15.8 Å². The van der Waals surface area contributed by atoms with Crippen LogP contribution in [0.15, 0.2) is 46.3 Å². The molecule has 0 atom stereocenters. The number of amidine groups is 1. The number of carbonyl (C=O) groups is 2. The Morgan fingerprint density at radius 2 is 2.17 bits per heavy atom. The lowest BCUT2D eigenvalue weighted by molar-refractivity contribution is -0.120. The minimum Gasteiger partial charge on any atom is -0.483 e. The number of nitrogens with one attached hydrogen (secondary N) is 1. The Bertz CT molecular complexity index is 1240. The molecule has 152 valence electrons. The molecule has 7 nitrogen and oxygen atoms in total. The van der Waals surface area contributed by atoms with Crippen LogP contribution < -0.4 is 15.8 Å². The van der Waals surface area contributed by atoms with Crippen LogP contribution in [0.4, 0.5) is 5.13 Å². The van der Waals surface area contributed by atoms with Gasteiger partial charge in [-0.15, -0.1) is 0 Å². The molecular weight excluding hydrogens is 444 g/mol. The normalized spacial score (nSPS) is 16.4. The molecule has 0 aliphatic carbocycles. The van der Waals surface area contributed by atoms with Crippen molar-refractivity contribution in [2.24, 2.45) is 10.7 Å². The maximum absolute atomic E-state index is 12.4. The Balaban J connectivity index is 1.60. The molecule has 0 radical (unpaired) electrons. The molecule has 10 heteroatoms. The van der Waals surface area contributed by atoms with E-state index in [0.717, 1.165) is 15.8 Å². The first-order chi connectivity index (χ1) is 14.4. The number of fused-ring (bicyclic) bond motifs is 1. The molecule has 0 spiro atoms. The van der Waals surface area contributed by atoms with Crippen LogP contribution in [0.5, 0.6) is 5.75 Å². The summed E-state index contributed by atoms with van der Waals surface area (Å²) in [5, 5.41) is 4.20. The number of aryl methyl sites for hydroxylation is 1. The fraction of sp³-hybridized carbons (Fsp3) is 0.100. The number of rotatable bonds is 5. The number of aromatic nitrogens is 1. The number of hydrogen-bond donors (Lipinski definition) is 2. The van der Waals surface area contributed by atoms with Gasteiger partial charge in [0.1, 0.15) is 5.75 Å². The van der Waals surface area contributed by atoms with Crippen molar-refractivity contribution in [3.05, 3.63) is 57.5 Å². The molecule has 0 saturated carbocycles. The Morgan fingerprint density at radius 3 is 2.97 bits per heavy atom. The van der Waals surface area contributed by atoms with Crippen molar-refractivity contribution in [3.63, 3.8) is 0 Å². The monoisotopic (exact) mass is 458 g/mol. The molecule has 2 aromatic carbocycles. The first-order valence-corrected chi connectivity index (χ1v) is 10.8. The van der Waals surface area contributed by atoms with Gasteiger partial charge in [-0.3, -0.25) is 9.59 Å². The van der Waals surface area contributed by atoms with E-state index in [2.05, 4.69) is 21.4 Å². The van der Waals surface area contributed by atoms with Gasteiger partial charge in [0.25, 0.3) is 11.8 Å². The zero-order chi connectivity index (χ0) is 21.3. The van der Waals surface area contributed by atoms with Crippen LogP contribution in [-0.2, 0) is 9.59 Å². The van der Waals surface area contributed by atoms with E-state index in [1.54, 1.807) is 24.3 Å². The Morgan fingerprint density at radius 1 is 1.33 bits per heavy atom. The van der Waals surface area contributed by atoms with Crippen LogP contribution in [0.1, 0.15) is 11.1 Å². The predicted molar refractivity (Wildman–Crippen MR) is 121 cm³/mol. The molecule has 3 aromatic rings. The summed E-state index contributed by atoms with van der Waals surface area (Å²) in [4.78, 5) is 32.8. The molecule has 2 amide bonds. The number of halogens is 1. The summed E-state index contributed by atoms with van der Waals surface area (Å²) in [5.41, 5.74) is 7.71. The molecule has 3 N–H and O–H groups in total. The van der Waals surface area contributed by atoms with Crippen LogP contribution >= 0.6 is 34.7 Å². The van der Waals surface area contributed by atoms with Crippen LogP contribution in [0.25, 0.3) is 16.3 Å². The molecule has 1 aliphatic heterocycles. The number of aliphatic imine (C=N–C) groups is 1. The lowest BCUT2D eigenvalue weighted by Gasteiger charge is -2.08. The van der Waals surface area contributed by atoms with E-state index < -0.39 is 5.91 Å². The van der Waals surface area contributed by atoms with Crippen molar-refractivity contribution in [2.75, 3.05) is 6.61 Å². The second kappa shape index (κ2) is 8.47. The van der Waals surface area contributed by atoms with Crippen molar-refractivity contribution in [1.82, 2.24) is 10.3 Å². The summed E-state index contributed by atoms with van der Waals surface area (Å²) >= 11 is 8.71. The van der Waals surface area contributed by atoms with Gasteiger partial charge >= 0.3 is 0 Å². The standard InChI is InChI=1S/C20H15ClN4O3S2/c1-10-2-4-13-15(6-10)29-19(23-13)25-20-24-18(27)16(30-20)8-11-7-12(21)3-5-14(11)28-9-17(22)26/h2-8H,9H2,1H3,(H2,22,26)(H,23,24,25,27)/b16-8-. The zero-order valence-corrected chi connectivity index (χ0v) is 18.0. The number of primary amides is 1. The predicted octanol–water partition coefficient (Wildman–Crippen LogP) is 4.01. The molecule has 2 heterocycles. The van der Waals surface area contributed by atoms with E-state index in [4.69, 9.17) is 22.1 Å². The van der Waals surface area contributed by atoms with Crippen molar-refractivity contribution in [1.29, 1.82) is 0 Å². The molecule has 1 saturated heterocycles. The number of amides is 2. The maximum Gasteiger partial charge on any atom is 0.264 e. The van der Waals surface area contributed by atoms with Gasteiger partial charge in [-0.05, 0) is 60.7 Å². The number of benzene rings is 2. The first-order valence-electron chi connectivity index (χ1n) is 8.75. The van der Waals surface area contributed by atoms with Gasteiger partial charge in [0.05, 0.1) is 15.1 Å². The van der Waals surface area contributed by atoms with Gasteiger partial charge in [-0.1, -0.05) is 29.0 Å². The number of carbonyl (C=O) groups excluding carboxylic acids is 2. The highest BCUT2D eigenvalue weighted by Gasteiger charge is 2.25. The van der Waals surface area contributed by atoms with Crippen molar-refractivity contribution in [2.45, 2.75) is 6.92 Å². The third-order valence-electron chi connectivity index (χ3n) is 4.01. The third-order valence-corrected chi connectivity index (χ3v) is 6.07. The number of hydrogen-bond acceptors (Lipinski definition) is 7. The van der Waals surface area contributed by atoms with E-state index in [9.17, 15) is 9.59 Å². The molecule has 1 fully saturated rings. The van der Waals surface area contributed by atoms with Crippen molar-refractivity contribution >= 4 is 73.1 Å². The SMILES string of the molecule is Cc1ccc2nc(/N=C3\NC(=O)/C(=C/c4cc(Cl)ccc4OCC(N)=O)S3)sc2c1. The molecule has 30 heavy (non-hydrogen) atoms. The summed E-state index contributed by atoms with van der Waals surface area (Å²) in [6.45, 7) is 1.74. The smallest absolute Gasteiger partial charge is 0.264 e. The Kier molecular flexibility index (Phi) is 5.76. The van der Waals surface area contributed by atoms with E-state index in [1.165, 1.54) is 23.1 Å². The van der Waals surface area contributed by atoms with Gasteiger partial charge in [0.2, 0.25) is 5.13 Å². The number of thiazole rings is 1. The Hall–Kier alpha value is -2.88. The summed E-state index contributed by atoms with van der Waals surface area (Å²) in [6.07, 6.45) is 1.63. The first kappa shape index (κ1) is 20.4. The van der Waals surface area contributed by atoms with Crippen LogP contribution in [0.2, 0.25) is 5.02 Å². The average Bonchev–Trinajstić information content (AvgIpc) is 3.23. The van der Waals surface area contributed by atoms with Gasteiger partial charge in [0.15, 0.2) is 11.8 Å². The minimum atomic E-state index is -0.600. The van der Waals surface area contributed by atoms with Crippen molar-refractivity contribution < 1.29 is 14.3 Å². The minimum absolute atomic E-state index is 0.277. The highest BCUT2D eigenvalue weighted by Crippen LogP contribution is 2.34. The molecule has 0 unspecified atom stereocenters. The second-order valence-electron chi connectivity index (χ2n) is 6.39. The lowest BCUT2D eigenvalue weighted by atomic mass is 10.2. The number of nitrogens with zero attached hydrogens (tertiary/aromatic N) is 2. The van der Waals surface area contributed by atoms with Crippen molar-refractivity contribution in [3.8, 4) is 5.75 Å². The summed E-state index contributed by atoms with van der Waals surface area (Å²) < 4.78 is 6.44. The molecular formula is C20H15ClN4O3S2. The van der Waals surface area contributed by atoms with E-state index >= 15 is 0 Å². The van der Waals surface area contributed by atoms with Gasteiger partial charge in [0, 0.05) is 10.6 Å². The fourth-order valence-electron chi connectivity index (χ4n) is 2.69. The fourth-order valence-corrected chi connectivity index (χ4v) is 4.68. The average molecular weight is 459 g/mol. The largest absolute Gasteiger partial charge is 0.483 e. The molecule has 4 rings (SSSR count). The van der Waals surface area contributed by atoms with E-state index in [-0.39, 0.29) is 12.5 Å². The van der Waals surface area contributed by atoms with Crippen LogP contribution in [-0.4, -0.2) is 28.6 Å². The highest BCUT2D eigenvalue weighted by molar-refractivity contribution is 8.18. The topological polar surface area (TPSA) is 107 Å². The summed E-state index contributed by atoms with van der Waals surface area (Å²) in [5.74, 6) is -0.500. The molecule has 1 aromatic heterocycles. The zero-order valence-electron chi connectivity index (χ0n) is 15.6. The third kappa shape index (κ3) is 4.64. The Labute approximate surface area is 185 Å². The quantitative estimate of drug-likeness (QED) is 0.561. The summed E-state index contributed by atoms with van der Waals surface area (Å²) in [6, 6.07) is 10.9. The van der Waals surface area contributed by atoms with Gasteiger partial charge in [-0.25, -0.2) is 4.98 Å². The van der Waals surface area contributed by atoms with E-state index in [0.29, 0.717) is 31.5 Å². The van der Waals surface area contributed by atoms with E-state index in [1.807, 2.05) is 19.1 Å². The summed E-state index contributed by atoms with van der Waals surface area (Å²) in [7, 11) is 0. The lowest BCUT2D eigenvalue weighted by Crippen LogP contribution is -2.20. The van der Waals surface area contributed by atoms with Gasteiger partial charge in [-0.2, -0.15) is 4.99 Å². The number of nitrogens with two attached hydrogens (primary N) is 1. The number of ether oxygens (including phenoxy) is 1. The maximum atomic E-state index is 12.4. The second-order valence-corrected chi connectivity index (χ2v) is 8.86. The number of thioether (sulfide) groups is 1. The molecule has 1 aliphatic rings. The van der Waals surface area contributed by atoms with Crippen LogP contribution in [0.3, 0.4) is 0 Å². The highest BCUT2D eigenvalue weighted by atomic mass is 35.5.